The van der Waals surface area contributed by atoms with Gasteiger partial charge < -0.3 is 10.2 Å². The Balaban J connectivity index is 1.63. The van der Waals surface area contributed by atoms with Crippen molar-refractivity contribution in [2.75, 3.05) is 11.4 Å². The molecule has 5 nitrogen and oxygen atoms in total. The average Bonchev–Trinajstić information content (AvgIpc) is 3.39. The van der Waals surface area contributed by atoms with E-state index in [1.165, 1.54) is 11.3 Å². The molecule has 0 radical (unpaired) electrons. The normalized spacial score (nSPS) is 17.7. The molecule has 3 aromatic rings. The molecule has 0 aliphatic carbocycles. The molecule has 2 amide bonds. The van der Waals surface area contributed by atoms with Crippen LogP contribution in [-0.4, -0.2) is 30.2 Å². The summed E-state index contributed by atoms with van der Waals surface area (Å²) in [6.45, 7) is 0.605. The van der Waals surface area contributed by atoms with E-state index in [1.807, 2.05) is 53.9 Å². The molecule has 1 N–H and O–H groups in total. The third kappa shape index (κ3) is 2.73. The summed E-state index contributed by atoms with van der Waals surface area (Å²) in [5, 5.41) is 4.66. The van der Waals surface area contributed by atoms with Gasteiger partial charge in [0.1, 0.15) is 0 Å². The SMILES string of the molecule is O=C(N[C@@H]1N=C(c2ccccc2)c2cccc3c2N(CC3)C1=O)c1cccs1. The van der Waals surface area contributed by atoms with Crippen LogP contribution in [-0.2, 0) is 11.2 Å². The number of anilines is 1. The van der Waals surface area contributed by atoms with Crippen LogP contribution in [0.4, 0.5) is 5.69 Å². The molecule has 5 rings (SSSR count). The number of carbonyl (C=O) groups excluding carboxylic acids is 2. The number of nitrogens with one attached hydrogen (secondary N) is 1. The standard InChI is InChI=1S/C22H17N3O2S/c26-21(17-10-5-13-28-17)24-20-22(27)25-12-11-15-8-4-9-16(19(15)25)18(23-20)14-6-2-1-3-7-14/h1-10,13,20H,11-12H2,(H,24,26)/t20-/m0/s1. The van der Waals surface area contributed by atoms with Crippen LogP contribution in [0.25, 0.3) is 0 Å². The van der Waals surface area contributed by atoms with Gasteiger partial charge in [-0.05, 0) is 23.4 Å². The number of para-hydroxylation sites is 1. The Hall–Kier alpha value is -3.25. The summed E-state index contributed by atoms with van der Waals surface area (Å²) in [7, 11) is 0. The Bertz CT molecular complexity index is 1090. The van der Waals surface area contributed by atoms with Gasteiger partial charge in [-0.3, -0.25) is 9.59 Å². The van der Waals surface area contributed by atoms with Crippen molar-refractivity contribution in [2.45, 2.75) is 12.6 Å². The summed E-state index contributed by atoms with van der Waals surface area (Å²) in [5.74, 6) is -0.475. The van der Waals surface area contributed by atoms with Gasteiger partial charge >= 0.3 is 0 Å². The first kappa shape index (κ1) is 16.9. The Kier molecular flexibility index (Phi) is 4.06. The van der Waals surface area contributed by atoms with Gasteiger partial charge in [-0.25, -0.2) is 4.99 Å². The predicted molar refractivity (Wildman–Crippen MR) is 110 cm³/mol. The molecule has 6 heteroatoms. The molecule has 0 fully saturated rings. The zero-order chi connectivity index (χ0) is 19.1. The first-order valence-corrected chi connectivity index (χ1v) is 10.0. The van der Waals surface area contributed by atoms with Crippen molar-refractivity contribution in [3.8, 4) is 0 Å². The number of benzene rings is 2. The van der Waals surface area contributed by atoms with Crippen LogP contribution in [0.3, 0.4) is 0 Å². The van der Waals surface area contributed by atoms with E-state index in [0.29, 0.717) is 11.4 Å². The molecule has 138 valence electrons. The summed E-state index contributed by atoms with van der Waals surface area (Å²) in [6.07, 6.45) is -0.147. The van der Waals surface area contributed by atoms with Crippen LogP contribution in [0.15, 0.2) is 71.0 Å². The van der Waals surface area contributed by atoms with Crippen LogP contribution < -0.4 is 10.2 Å². The lowest BCUT2D eigenvalue weighted by Gasteiger charge is -2.20. The van der Waals surface area contributed by atoms with E-state index in [4.69, 9.17) is 4.99 Å². The third-order valence-electron chi connectivity index (χ3n) is 5.07. The van der Waals surface area contributed by atoms with Gasteiger partial charge in [0.25, 0.3) is 11.8 Å². The lowest BCUT2D eigenvalue weighted by molar-refractivity contribution is -0.120. The first-order valence-electron chi connectivity index (χ1n) is 9.13. The molecule has 0 saturated heterocycles. The van der Waals surface area contributed by atoms with Crippen LogP contribution in [0.5, 0.6) is 0 Å². The number of nitrogens with zero attached hydrogens (tertiary/aromatic N) is 2. The molecule has 1 aromatic heterocycles. The fraction of sp³-hybridized carbons (Fsp3) is 0.136. The molecule has 2 aromatic carbocycles. The highest BCUT2D eigenvalue weighted by atomic mass is 32.1. The maximum atomic E-state index is 13.3. The van der Waals surface area contributed by atoms with Crippen molar-refractivity contribution in [3.05, 3.63) is 87.6 Å². The minimum atomic E-state index is -0.955. The zero-order valence-corrected chi connectivity index (χ0v) is 15.8. The summed E-state index contributed by atoms with van der Waals surface area (Å²) in [4.78, 5) is 32.9. The summed E-state index contributed by atoms with van der Waals surface area (Å²) in [5.41, 5.74) is 4.64. The van der Waals surface area contributed by atoms with E-state index >= 15 is 0 Å². The second-order valence-corrected chi connectivity index (χ2v) is 7.70. The molecule has 0 bridgehead atoms. The van der Waals surface area contributed by atoms with Crippen molar-refractivity contribution >= 4 is 34.6 Å². The number of hydrogen-bond donors (Lipinski definition) is 1. The van der Waals surface area contributed by atoms with Crippen LogP contribution in [0.1, 0.15) is 26.4 Å². The topological polar surface area (TPSA) is 61.8 Å². The molecule has 1 atom stereocenters. The highest BCUT2D eigenvalue weighted by Crippen LogP contribution is 2.36. The number of amides is 2. The lowest BCUT2D eigenvalue weighted by Crippen LogP contribution is -2.46. The minimum Gasteiger partial charge on any atom is -0.322 e. The van der Waals surface area contributed by atoms with E-state index in [-0.39, 0.29) is 11.8 Å². The fourth-order valence-electron chi connectivity index (χ4n) is 3.79. The van der Waals surface area contributed by atoms with Crippen molar-refractivity contribution in [1.82, 2.24) is 5.32 Å². The third-order valence-corrected chi connectivity index (χ3v) is 5.94. The van der Waals surface area contributed by atoms with Crippen LogP contribution >= 0.6 is 11.3 Å². The van der Waals surface area contributed by atoms with Crippen molar-refractivity contribution in [2.24, 2.45) is 4.99 Å². The molecular weight excluding hydrogens is 370 g/mol. The summed E-state index contributed by atoms with van der Waals surface area (Å²) < 4.78 is 0. The number of thiophene rings is 1. The summed E-state index contributed by atoms with van der Waals surface area (Å²) >= 11 is 1.34. The summed E-state index contributed by atoms with van der Waals surface area (Å²) in [6, 6.07) is 19.4. The molecule has 0 saturated carbocycles. The average molecular weight is 387 g/mol. The van der Waals surface area contributed by atoms with Crippen molar-refractivity contribution < 1.29 is 9.59 Å². The second kappa shape index (κ2) is 6.73. The Morgan fingerprint density at radius 3 is 2.71 bits per heavy atom. The zero-order valence-electron chi connectivity index (χ0n) is 15.0. The Morgan fingerprint density at radius 2 is 1.93 bits per heavy atom. The van der Waals surface area contributed by atoms with Crippen molar-refractivity contribution in [1.29, 1.82) is 0 Å². The molecule has 0 unspecified atom stereocenters. The van der Waals surface area contributed by atoms with Crippen LogP contribution in [0, 0.1) is 0 Å². The number of rotatable bonds is 3. The van der Waals surface area contributed by atoms with Gasteiger partial charge in [-0.2, -0.15) is 0 Å². The van der Waals surface area contributed by atoms with Crippen molar-refractivity contribution in [3.63, 3.8) is 0 Å². The molecule has 3 heterocycles. The smallest absolute Gasteiger partial charge is 0.272 e. The number of carbonyl (C=O) groups is 2. The molecular formula is C22H17N3O2S. The quantitative estimate of drug-likeness (QED) is 0.750. The maximum Gasteiger partial charge on any atom is 0.272 e. The van der Waals surface area contributed by atoms with Gasteiger partial charge in [0.05, 0.1) is 16.3 Å². The highest BCUT2D eigenvalue weighted by molar-refractivity contribution is 7.12. The monoisotopic (exact) mass is 387 g/mol. The van der Waals surface area contributed by atoms with E-state index in [9.17, 15) is 9.59 Å². The predicted octanol–water partition coefficient (Wildman–Crippen LogP) is 3.24. The molecule has 28 heavy (non-hydrogen) atoms. The molecule has 0 spiro atoms. The second-order valence-electron chi connectivity index (χ2n) is 6.75. The number of aliphatic imine (C=N–C) groups is 1. The largest absolute Gasteiger partial charge is 0.322 e. The molecule has 2 aliphatic heterocycles. The van der Waals surface area contributed by atoms with E-state index in [1.54, 1.807) is 11.0 Å². The van der Waals surface area contributed by atoms with Gasteiger partial charge in [-0.1, -0.05) is 54.6 Å². The Labute approximate surface area is 166 Å². The van der Waals surface area contributed by atoms with E-state index in [0.717, 1.165) is 34.5 Å². The highest BCUT2D eigenvalue weighted by Gasteiger charge is 2.37. The van der Waals surface area contributed by atoms with Crippen LogP contribution in [0.2, 0.25) is 0 Å². The van der Waals surface area contributed by atoms with Gasteiger partial charge in [-0.15, -0.1) is 11.3 Å². The number of hydrogen-bond acceptors (Lipinski definition) is 4. The lowest BCUT2D eigenvalue weighted by atomic mass is 9.98. The van der Waals surface area contributed by atoms with E-state index in [2.05, 4.69) is 11.4 Å². The Morgan fingerprint density at radius 1 is 1.07 bits per heavy atom. The van der Waals surface area contributed by atoms with Gasteiger partial charge in [0, 0.05) is 17.7 Å². The first-order chi connectivity index (χ1) is 13.7. The van der Waals surface area contributed by atoms with Gasteiger partial charge in [0.2, 0.25) is 6.17 Å². The maximum absolute atomic E-state index is 13.3. The minimum absolute atomic E-state index is 0.193. The fourth-order valence-corrected chi connectivity index (χ4v) is 4.42. The van der Waals surface area contributed by atoms with E-state index < -0.39 is 6.17 Å². The van der Waals surface area contributed by atoms with Gasteiger partial charge in [0.15, 0.2) is 0 Å². The molecule has 2 aliphatic rings.